The highest BCUT2D eigenvalue weighted by atomic mass is 35.5. The van der Waals surface area contributed by atoms with E-state index >= 15 is 0 Å². The van der Waals surface area contributed by atoms with Crippen molar-refractivity contribution in [2.24, 2.45) is 0 Å². The normalized spacial score (nSPS) is 23.9. The van der Waals surface area contributed by atoms with E-state index in [0.717, 1.165) is 54.9 Å². The zero-order valence-electron chi connectivity index (χ0n) is 15.8. The van der Waals surface area contributed by atoms with E-state index in [4.69, 9.17) is 23.2 Å². The van der Waals surface area contributed by atoms with Crippen LogP contribution in [0.5, 0.6) is 0 Å². The fourth-order valence-electron chi connectivity index (χ4n) is 4.64. The molecule has 5 rings (SSSR count). The molecular weight excluding hydrogens is 410 g/mol. The molecule has 1 aromatic heterocycles. The second-order valence-corrected chi connectivity index (χ2v) is 9.05. The zero-order valence-corrected chi connectivity index (χ0v) is 17.3. The third-order valence-corrected chi connectivity index (χ3v) is 7.27. The number of alkyl halides is 1. The number of hydrogen-bond donors (Lipinski definition) is 1. The maximum Gasteiger partial charge on any atom is 0.151 e. The van der Waals surface area contributed by atoms with E-state index in [2.05, 4.69) is 33.7 Å². The Hall–Kier alpha value is -1.95. The molecule has 1 N–H and O–H groups in total. The van der Waals surface area contributed by atoms with Crippen LogP contribution in [0.3, 0.4) is 0 Å². The van der Waals surface area contributed by atoms with Crippen molar-refractivity contribution in [3.63, 3.8) is 0 Å². The van der Waals surface area contributed by atoms with Gasteiger partial charge in [0, 0.05) is 6.54 Å². The molecule has 0 unspecified atom stereocenters. The minimum atomic E-state index is -0.409. The van der Waals surface area contributed by atoms with Crippen LogP contribution in [0.25, 0.3) is 5.69 Å². The van der Waals surface area contributed by atoms with Crippen LogP contribution in [0.4, 0.5) is 4.39 Å². The number of benzene rings is 2. The smallest absolute Gasteiger partial charge is 0.151 e. The average molecular weight is 431 g/mol. The Morgan fingerprint density at radius 1 is 1.14 bits per heavy atom. The van der Waals surface area contributed by atoms with E-state index in [1.165, 1.54) is 11.6 Å². The van der Waals surface area contributed by atoms with Gasteiger partial charge in [-0.15, -0.1) is 21.8 Å². The fraction of sp³-hybridized carbons (Fsp3) is 0.364. The first-order valence-corrected chi connectivity index (χ1v) is 10.7. The van der Waals surface area contributed by atoms with E-state index in [0.29, 0.717) is 6.54 Å². The first kappa shape index (κ1) is 19.0. The van der Waals surface area contributed by atoms with Gasteiger partial charge in [-0.1, -0.05) is 35.9 Å². The number of fused-ring (bicyclic) bond motifs is 3. The van der Waals surface area contributed by atoms with Crippen molar-refractivity contribution in [1.82, 2.24) is 20.1 Å². The van der Waals surface area contributed by atoms with E-state index in [1.807, 2.05) is 10.6 Å². The van der Waals surface area contributed by atoms with Crippen molar-refractivity contribution in [2.75, 3.05) is 0 Å². The fourth-order valence-corrected chi connectivity index (χ4v) is 5.26. The SMILES string of the molecule is Fc1cccc(C2CCC(Cl)(c3ccc4c(c3)CNCc3nncn3-4)CC2)c1Cl. The monoisotopic (exact) mass is 430 g/mol. The predicted octanol–water partition coefficient (Wildman–Crippen LogP) is 5.45. The largest absolute Gasteiger partial charge is 0.306 e. The van der Waals surface area contributed by atoms with Crippen molar-refractivity contribution in [3.8, 4) is 5.69 Å². The Morgan fingerprint density at radius 3 is 2.79 bits per heavy atom. The van der Waals surface area contributed by atoms with Gasteiger partial charge in [-0.05, 0) is 60.4 Å². The van der Waals surface area contributed by atoms with Crippen molar-refractivity contribution < 1.29 is 4.39 Å². The summed E-state index contributed by atoms with van der Waals surface area (Å²) < 4.78 is 15.9. The van der Waals surface area contributed by atoms with Crippen molar-refractivity contribution in [3.05, 3.63) is 76.1 Å². The Balaban J connectivity index is 1.40. The first-order chi connectivity index (χ1) is 14.0. The van der Waals surface area contributed by atoms with Gasteiger partial charge in [0.2, 0.25) is 0 Å². The summed E-state index contributed by atoms with van der Waals surface area (Å²) in [7, 11) is 0. The summed E-state index contributed by atoms with van der Waals surface area (Å²) in [4.78, 5) is -0.409. The van der Waals surface area contributed by atoms with E-state index in [1.54, 1.807) is 12.4 Å². The van der Waals surface area contributed by atoms with Crippen LogP contribution in [-0.4, -0.2) is 14.8 Å². The standard InChI is InChI=1S/C22H21Cl2FN4/c23-21-17(2-1-3-18(21)25)14-6-8-22(24,9-7-14)16-4-5-19-15(10-16)11-26-12-20-28-27-13-29(19)20/h1-5,10,13-14,26H,6-9,11-12H2. The molecule has 7 heteroatoms. The van der Waals surface area contributed by atoms with Crippen LogP contribution in [0.1, 0.15) is 54.1 Å². The van der Waals surface area contributed by atoms with Crippen molar-refractivity contribution in [1.29, 1.82) is 0 Å². The van der Waals surface area contributed by atoms with E-state index in [9.17, 15) is 4.39 Å². The van der Waals surface area contributed by atoms with Crippen LogP contribution < -0.4 is 5.32 Å². The summed E-state index contributed by atoms with van der Waals surface area (Å²) in [6.45, 7) is 1.45. The van der Waals surface area contributed by atoms with Gasteiger partial charge in [0.05, 0.1) is 22.1 Å². The molecule has 2 aromatic carbocycles. The van der Waals surface area contributed by atoms with Crippen LogP contribution in [-0.2, 0) is 18.0 Å². The molecule has 2 aliphatic rings. The van der Waals surface area contributed by atoms with Crippen molar-refractivity contribution in [2.45, 2.75) is 49.6 Å². The molecule has 0 amide bonds. The number of halogens is 3. The third kappa shape index (κ3) is 3.35. The molecule has 0 radical (unpaired) electrons. The molecule has 1 aliphatic heterocycles. The lowest BCUT2D eigenvalue weighted by Gasteiger charge is -2.36. The highest BCUT2D eigenvalue weighted by molar-refractivity contribution is 6.31. The summed E-state index contributed by atoms with van der Waals surface area (Å²) in [5.74, 6) is 0.801. The summed E-state index contributed by atoms with van der Waals surface area (Å²) >= 11 is 13.3. The predicted molar refractivity (Wildman–Crippen MR) is 112 cm³/mol. The number of hydrogen-bond acceptors (Lipinski definition) is 3. The highest BCUT2D eigenvalue weighted by Crippen LogP contribution is 2.49. The topological polar surface area (TPSA) is 42.7 Å². The van der Waals surface area contributed by atoms with Gasteiger partial charge in [0.1, 0.15) is 12.1 Å². The maximum absolute atomic E-state index is 13.9. The molecule has 0 saturated heterocycles. The van der Waals surface area contributed by atoms with E-state index < -0.39 is 4.87 Å². The van der Waals surface area contributed by atoms with Crippen LogP contribution in [0, 0.1) is 5.82 Å². The minimum absolute atomic E-state index is 0.243. The summed E-state index contributed by atoms with van der Waals surface area (Å²) in [6, 6.07) is 11.5. The third-order valence-electron chi connectivity index (χ3n) is 6.27. The molecule has 4 nitrogen and oxygen atoms in total. The van der Waals surface area contributed by atoms with Gasteiger partial charge in [-0.3, -0.25) is 4.57 Å². The number of nitrogens with zero attached hydrogens (tertiary/aromatic N) is 3. The zero-order chi connectivity index (χ0) is 20.0. The van der Waals surface area contributed by atoms with Gasteiger partial charge in [0.15, 0.2) is 5.82 Å². The molecule has 1 saturated carbocycles. The Kier molecular flexibility index (Phi) is 4.85. The molecule has 0 spiro atoms. The lowest BCUT2D eigenvalue weighted by molar-refractivity contribution is 0.358. The second kappa shape index (κ2) is 7.38. The Bertz CT molecular complexity index is 1060. The van der Waals surface area contributed by atoms with E-state index in [-0.39, 0.29) is 16.8 Å². The van der Waals surface area contributed by atoms with Gasteiger partial charge in [0.25, 0.3) is 0 Å². The molecule has 1 fully saturated rings. The minimum Gasteiger partial charge on any atom is -0.306 e. The number of aromatic nitrogens is 3. The second-order valence-electron chi connectivity index (χ2n) is 7.95. The Morgan fingerprint density at radius 2 is 1.97 bits per heavy atom. The van der Waals surface area contributed by atoms with Gasteiger partial charge < -0.3 is 5.32 Å². The lowest BCUT2D eigenvalue weighted by Crippen LogP contribution is -2.26. The molecule has 2 heterocycles. The summed E-state index contributed by atoms with van der Waals surface area (Å²) in [5.41, 5.74) is 4.33. The number of nitrogens with one attached hydrogen (secondary N) is 1. The van der Waals surface area contributed by atoms with Crippen LogP contribution >= 0.6 is 23.2 Å². The average Bonchev–Trinajstić information content (AvgIpc) is 3.12. The summed E-state index contributed by atoms with van der Waals surface area (Å²) in [5, 5.41) is 11.9. The first-order valence-electron chi connectivity index (χ1n) is 9.91. The van der Waals surface area contributed by atoms with Crippen LogP contribution in [0.15, 0.2) is 42.7 Å². The molecule has 150 valence electrons. The quantitative estimate of drug-likeness (QED) is 0.549. The van der Waals surface area contributed by atoms with Gasteiger partial charge >= 0.3 is 0 Å². The molecule has 1 aliphatic carbocycles. The molecule has 0 bridgehead atoms. The molecule has 0 atom stereocenters. The van der Waals surface area contributed by atoms with Crippen molar-refractivity contribution >= 4 is 23.2 Å². The Labute approximate surface area is 179 Å². The highest BCUT2D eigenvalue weighted by Gasteiger charge is 2.36. The molecule has 3 aromatic rings. The van der Waals surface area contributed by atoms with Gasteiger partial charge in [-0.25, -0.2) is 4.39 Å². The summed E-state index contributed by atoms with van der Waals surface area (Å²) in [6.07, 6.45) is 5.19. The molecule has 29 heavy (non-hydrogen) atoms. The molecular formula is C22H21Cl2FN4. The van der Waals surface area contributed by atoms with Gasteiger partial charge in [-0.2, -0.15) is 0 Å². The van der Waals surface area contributed by atoms with Crippen LogP contribution in [0.2, 0.25) is 5.02 Å². The lowest BCUT2D eigenvalue weighted by atomic mass is 9.75. The number of rotatable bonds is 2. The maximum atomic E-state index is 13.9.